The van der Waals surface area contributed by atoms with Crippen molar-refractivity contribution in [1.82, 2.24) is 14.9 Å². The van der Waals surface area contributed by atoms with Crippen molar-refractivity contribution in [2.45, 2.75) is 20.0 Å². The number of benzene rings is 3. The fourth-order valence-electron chi connectivity index (χ4n) is 4.15. The Morgan fingerprint density at radius 1 is 0.767 bits per heavy atom. The molecule has 4 heteroatoms. The minimum atomic E-state index is 0.0405. The van der Waals surface area contributed by atoms with Gasteiger partial charge in [-0.05, 0) is 54.4 Å². The highest BCUT2D eigenvalue weighted by atomic mass is 16.2. The molecule has 0 aliphatic heterocycles. The highest BCUT2D eigenvalue weighted by Gasteiger charge is 2.19. The fourth-order valence-corrected chi connectivity index (χ4v) is 4.15. The van der Waals surface area contributed by atoms with Gasteiger partial charge >= 0.3 is 0 Å². The summed E-state index contributed by atoms with van der Waals surface area (Å²) in [7, 11) is 0. The van der Waals surface area contributed by atoms with Crippen molar-refractivity contribution in [1.29, 1.82) is 0 Å². The Morgan fingerprint density at radius 3 is 1.90 bits per heavy atom. The maximum Gasteiger partial charge on any atom is 0.254 e. The summed E-state index contributed by atoms with van der Waals surface area (Å²) in [6.07, 6.45) is 3.89. The summed E-state index contributed by atoms with van der Waals surface area (Å²) in [6.45, 7) is 3.10. The average Bonchev–Trinajstić information content (AvgIpc) is 3.43. The molecule has 2 heterocycles. The number of nitrogens with zero attached hydrogens (tertiary/aromatic N) is 1. The summed E-state index contributed by atoms with van der Waals surface area (Å²) in [5.41, 5.74) is 6.25. The van der Waals surface area contributed by atoms with E-state index in [2.05, 4.69) is 46.4 Å². The average molecular weight is 393 g/mol. The molecule has 0 radical (unpaired) electrons. The van der Waals surface area contributed by atoms with Crippen LogP contribution in [0.5, 0.6) is 0 Å². The molecule has 5 aromatic rings. The maximum absolute atomic E-state index is 13.6. The SMILES string of the molecule is Cc1cccc(C(=O)N(Cc2cccc3[nH]ccc23)Cc2cccc3[nH]ccc23)c1. The minimum absolute atomic E-state index is 0.0405. The number of carbonyl (C=O) groups is 1. The molecule has 0 bridgehead atoms. The van der Waals surface area contributed by atoms with Crippen molar-refractivity contribution in [3.05, 3.63) is 107 Å². The molecule has 0 aliphatic rings. The van der Waals surface area contributed by atoms with E-state index in [1.165, 1.54) is 0 Å². The lowest BCUT2D eigenvalue weighted by atomic mass is 10.1. The van der Waals surface area contributed by atoms with Gasteiger partial charge in [0, 0.05) is 52.9 Å². The lowest BCUT2D eigenvalue weighted by Gasteiger charge is -2.24. The van der Waals surface area contributed by atoms with E-state index in [-0.39, 0.29) is 5.91 Å². The number of fused-ring (bicyclic) bond motifs is 2. The van der Waals surface area contributed by atoms with Crippen LogP contribution in [-0.4, -0.2) is 20.8 Å². The predicted octanol–water partition coefficient (Wildman–Crippen LogP) is 5.80. The number of hydrogen-bond donors (Lipinski definition) is 2. The maximum atomic E-state index is 13.6. The first-order chi connectivity index (χ1) is 14.7. The molecule has 5 rings (SSSR count). The number of aryl methyl sites for hydroxylation is 1. The normalized spacial score (nSPS) is 11.2. The number of carbonyl (C=O) groups excluding carboxylic acids is 1. The van der Waals surface area contributed by atoms with E-state index in [4.69, 9.17) is 0 Å². The molecule has 2 aromatic heterocycles. The van der Waals surface area contributed by atoms with Gasteiger partial charge in [0.15, 0.2) is 0 Å². The van der Waals surface area contributed by atoms with Gasteiger partial charge in [0.25, 0.3) is 5.91 Å². The molecule has 148 valence electrons. The van der Waals surface area contributed by atoms with Crippen LogP contribution >= 0.6 is 0 Å². The quantitative estimate of drug-likeness (QED) is 0.389. The van der Waals surface area contributed by atoms with Crippen LogP contribution in [0.2, 0.25) is 0 Å². The van der Waals surface area contributed by atoms with Gasteiger partial charge in [0.1, 0.15) is 0 Å². The summed E-state index contributed by atoms with van der Waals surface area (Å²) < 4.78 is 0. The van der Waals surface area contributed by atoms with Crippen molar-refractivity contribution in [2.75, 3.05) is 0 Å². The van der Waals surface area contributed by atoms with Crippen LogP contribution in [0.15, 0.2) is 85.2 Å². The van der Waals surface area contributed by atoms with E-state index in [0.29, 0.717) is 13.1 Å². The van der Waals surface area contributed by atoms with E-state index < -0.39 is 0 Å². The molecule has 0 saturated carbocycles. The molecule has 4 nitrogen and oxygen atoms in total. The third-order valence-electron chi connectivity index (χ3n) is 5.65. The zero-order chi connectivity index (χ0) is 20.5. The number of hydrogen-bond acceptors (Lipinski definition) is 1. The highest BCUT2D eigenvalue weighted by molar-refractivity contribution is 5.95. The molecule has 0 atom stereocenters. The number of rotatable bonds is 5. The topological polar surface area (TPSA) is 51.9 Å². The minimum Gasteiger partial charge on any atom is -0.361 e. The smallest absolute Gasteiger partial charge is 0.254 e. The molecule has 30 heavy (non-hydrogen) atoms. The number of aromatic amines is 2. The van der Waals surface area contributed by atoms with Crippen LogP contribution in [-0.2, 0) is 13.1 Å². The Morgan fingerprint density at radius 2 is 1.33 bits per heavy atom. The number of amides is 1. The first-order valence-electron chi connectivity index (χ1n) is 10.1. The third kappa shape index (κ3) is 3.37. The van der Waals surface area contributed by atoms with Crippen LogP contribution in [0.1, 0.15) is 27.0 Å². The Hall–Kier alpha value is -3.79. The summed E-state index contributed by atoms with van der Waals surface area (Å²) in [6, 6.07) is 24.4. The Bertz CT molecular complexity index is 1270. The van der Waals surface area contributed by atoms with E-state index in [0.717, 1.165) is 44.1 Å². The standard InChI is InChI=1S/C26H23N3O/c1-18-5-2-6-19(15-18)26(30)29(16-20-7-3-9-24-22(20)11-13-27-24)17-21-8-4-10-25-23(21)12-14-28-25/h2-15,27-28H,16-17H2,1H3. The van der Waals surface area contributed by atoms with Gasteiger partial charge in [-0.2, -0.15) is 0 Å². The third-order valence-corrected chi connectivity index (χ3v) is 5.65. The lowest BCUT2D eigenvalue weighted by Crippen LogP contribution is -2.30. The highest BCUT2D eigenvalue weighted by Crippen LogP contribution is 2.24. The van der Waals surface area contributed by atoms with Crippen LogP contribution in [0, 0.1) is 6.92 Å². The van der Waals surface area contributed by atoms with E-state index in [1.807, 2.05) is 60.6 Å². The summed E-state index contributed by atoms with van der Waals surface area (Å²) in [5.74, 6) is 0.0405. The second kappa shape index (κ2) is 7.56. The van der Waals surface area contributed by atoms with Crippen molar-refractivity contribution >= 4 is 27.7 Å². The molecular formula is C26H23N3O. The fraction of sp³-hybridized carbons (Fsp3) is 0.115. The van der Waals surface area contributed by atoms with Gasteiger partial charge in [-0.15, -0.1) is 0 Å². The lowest BCUT2D eigenvalue weighted by molar-refractivity contribution is 0.0731. The Balaban J connectivity index is 1.55. The van der Waals surface area contributed by atoms with Crippen molar-refractivity contribution < 1.29 is 4.79 Å². The molecule has 1 amide bonds. The van der Waals surface area contributed by atoms with Gasteiger partial charge < -0.3 is 14.9 Å². The van der Waals surface area contributed by atoms with E-state index >= 15 is 0 Å². The molecule has 0 saturated heterocycles. The van der Waals surface area contributed by atoms with Gasteiger partial charge in [-0.1, -0.05) is 42.0 Å². The number of aromatic nitrogens is 2. The number of H-pyrrole nitrogens is 2. The second-order valence-electron chi connectivity index (χ2n) is 7.74. The summed E-state index contributed by atoms with van der Waals surface area (Å²) >= 11 is 0. The molecule has 0 fully saturated rings. The molecule has 0 aliphatic carbocycles. The molecular weight excluding hydrogens is 370 g/mol. The van der Waals surface area contributed by atoms with Crippen LogP contribution in [0.25, 0.3) is 21.8 Å². The zero-order valence-electron chi connectivity index (χ0n) is 16.9. The summed E-state index contributed by atoms with van der Waals surface area (Å²) in [4.78, 5) is 22.0. The van der Waals surface area contributed by atoms with Crippen molar-refractivity contribution in [3.8, 4) is 0 Å². The monoisotopic (exact) mass is 393 g/mol. The zero-order valence-corrected chi connectivity index (χ0v) is 16.9. The van der Waals surface area contributed by atoms with Gasteiger partial charge in [0.2, 0.25) is 0 Å². The van der Waals surface area contributed by atoms with Gasteiger partial charge in [0.05, 0.1) is 0 Å². The van der Waals surface area contributed by atoms with Crippen molar-refractivity contribution in [2.24, 2.45) is 0 Å². The number of nitrogens with one attached hydrogen (secondary N) is 2. The molecule has 3 aromatic carbocycles. The largest absolute Gasteiger partial charge is 0.361 e. The predicted molar refractivity (Wildman–Crippen MR) is 121 cm³/mol. The van der Waals surface area contributed by atoms with E-state index in [1.54, 1.807) is 0 Å². The first-order valence-corrected chi connectivity index (χ1v) is 10.1. The Kier molecular flexibility index (Phi) is 4.60. The first kappa shape index (κ1) is 18.3. The molecule has 2 N–H and O–H groups in total. The molecule has 0 spiro atoms. The van der Waals surface area contributed by atoms with Gasteiger partial charge in [-0.3, -0.25) is 4.79 Å². The Labute approximate surface area is 175 Å². The van der Waals surface area contributed by atoms with Crippen LogP contribution < -0.4 is 0 Å². The second-order valence-corrected chi connectivity index (χ2v) is 7.74. The van der Waals surface area contributed by atoms with Crippen molar-refractivity contribution in [3.63, 3.8) is 0 Å². The van der Waals surface area contributed by atoms with Gasteiger partial charge in [-0.25, -0.2) is 0 Å². The summed E-state index contributed by atoms with van der Waals surface area (Å²) in [5, 5.41) is 2.30. The van der Waals surface area contributed by atoms with Crippen LogP contribution in [0.3, 0.4) is 0 Å². The van der Waals surface area contributed by atoms with Crippen LogP contribution in [0.4, 0.5) is 0 Å². The van der Waals surface area contributed by atoms with E-state index in [9.17, 15) is 4.79 Å². The molecule has 0 unspecified atom stereocenters.